The molecule has 0 aliphatic rings. The second-order valence-corrected chi connectivity index (χ2v) is 7.59. The van der Waals surface area contributed by atoms with Crippen LogP contribution in [0, 0.1) is 6.92 Å². The molecule has 0 amide bonds. The summed E-state index contributed by atoms with van der Waals surface area (Å²) in [5, 5.41) is 9.84. The van der Waals surface area contributed by atoms with E-state index >= 15 is 0 Å². The van der Waals surface area contributed by atoms with Crippen molar-refractivity contribution < 1.29 is 19.4 Å². The van der Waals surface area contributed by atoms with E-state index in [-0.39, 0.29) is 17.9 Å². The van der Waals surface area contributed by atoms with Gasteiger partial charge in [-0.2, -0.15) is 0 Å². The molecule has 0 saturated carbocycles. The maximum Gasteiger partial charge on any atom is 0.348 e. The van der Waals surface area contributed by atoms with Crippen LogP contribution in [-0.4, -0.2) is 33.2 Å². The van der Waals surface area contributed by atoms with Crippen LogP contribution in [0.25, 0.3) is 10.2 Å². The first-order valence-corrected chi connectivity index (χ1v) is 8.82. The number of carboxylic acids is 1. The molecule has 7 nitrogen and oxygen atoms in total. The molecule has 0 aliphatic carbocycles. The summed E-state index contributed by atoms with van der Waals surface area (Å²) in [7, 11) is 0. The smallest absolute Gasteiger partial charge is 0.348 e. The van der Waals surface area contributed by atoms with Gasteiger partial charge in [0.1, 0.15) is 21.1 Å². The molecule has 0 aliphatic heterocycles. The van der Waals surface area contributed by atoms with Crippen molar-refractivity contribution in [1.82, 2.24) is 9.55 Å². The van der Waals surface area contributed by atoms with Crippen molar-refractivity contribution in [3.05, 3.63) is 26.6 Å². The summed E-state index contributed by atoms with van der Waals surface area (Å²) < 4.78 is 6.25. The highest BCUT2D eigenvalue weighted by Gasteiger charge is 2.35. The van der Waals surface area contributed by atoms with Crippen molar-refractivity contribution >= 4 is 33.5 Å². The van der Waals surface area contributed by atoms with E-state index in [0.29, 0.717) is 21.1 Å². The molecule has 136 valence electrons. The van der Waals surface area contributed by atoms with Crippen molar-refractivity contribution in [3.8, 4) is 0 Å². The van der Waals surface area contributed by atoms with Crippen molar-refractivity contribution in [1.29, 1.82) is 0 Å². The number of aryl methyl sites for hydroxylation is 1. The van der Waals surface area contributed by atoms with Crippen LogP contribution < -0.4 is 5.56 Å². The zero-order valence-corrected chi connectivity index (χ0v) is 16.0. The Morgan fingerprint density at radius 3 is 2.44 bits per heavy atom. The third-order valence-corrected chi connectivity index (χ3v) is 5.22. The van der Waals surface area contributed by atoms with Gasteiger partial charge in [-0.15, -0.1) is 11.3 Å². The van der Waals surface area contributed by atoms with E-state index in [1.165, 1.54) is 18.4 Å². The van der Waals surface area contributed by atoms with E-state index in [1.807, 2.05) is 13.8 Å². The van der Waals surface area contributed by atoms with Crippen LogP contribution in [0.4, 0.5) is 0 Å². The first-order chi connectivity index (χ1) is 11.5. The van der Waals surface area contributed by atoms with Gasteiger partial charge in [0.25, 0.3) is 5.56 Å². The molecule has 0 fully saturated rings. The number of aromatic nitrogens is 2. The van der Waals surface area contributed by atoms with E-state index in [9.17, 15) is 19.5 Å². The first-order valence-electron chi connectivity index (χ1n) is 8.01. The molecule has 25 heavy (non-hydrogen) atoms. The molecule has 0 spiro atoms. The predicted octanol–water partition coefficient (Wildman–Crippen LogP) is 2.89. The van der Waals surface area contributed by atoms with Gasteiger partial charge < -0.3 is 9.84 Å². The maximum absolute atomic E-state index is 13.1. The van der Waals surface area contributed by atoms with E-state index in [2.05, 4.69) is 4.98 Å². The molecule has 0 unspecified atom stereocenters. The third-order valence-electron chi connectivity index (χ3n) is 4.05. The lowest BCUT2D eigenvalue weighted by molar-refractivity contribution is -0.146. The number of hydrogen-bond acceptors (Lipinski definition) is 6. The number of carbonyl (C=O) groups excluding carboxylic acids is 1. The molecule has 2 aromatic rings. The van der Waals surface area contributed by atoms with E-state index in [1.54, 1.807) is 13.8 Å². The summed E-state index contributed by atoms with van der Waals surface area (Å²) in [4.78, 5) is 42.2. The standard InChI is InChI=1S/C17H22N2O5S/c1-7-24-15(21)11-9(4)10-13(25-11)18-12(8(2)3)19(14(10)20)17(5,6)16(22)23/h8H,7H2,1-6H3,(H,22,23). The van der Waals surface area contributed by atoms with Gasteiger partial charge in [-0.3, -0.25) is 9.36 Å². The monoisotopic (exact) mass is 366 g/mol. The number of nitrogens with zero attached hydrogens (tertiary/aromatic N) is 2. The fourth-order valence-corrected chi connectivity index (χ4v) is 3.69. The highest BCUT2D eigenvalue weighted by atomic mass is 32.1. The zero-order valence-electron chi connectivity index (χ0n) is 15.2. The Labute approximate surface area is 149 Å². The van der Waals surface area contributed by atoms with Gasteiger partial charge in [-0.25, -0.2) is 14.6 Å². The fraction of sp³-hybridized carbons (Fsp3) is 0.529. The summed E-state index contributed by atoms with van der Waals surface area (Å²) in [6.07, 6.45) is 0. The van der Waals surface area contributed by atoms with Gasteiger partial charge in [-0.05, 0) is 33.3 Å². The van der Waals surface area contributed by atoms with Crippen molar-refractivity contribution in [2.45, 2.75) is 53.0 Å². The van der Waals surface area contributed by atoms with Gasteiger partial charge >= 0.3 is 11.9 Å². The van der Waals surface area contributed by atoms with Crippen molar-refractivity contribution in [3.63, 3.8) is 0 Å². The first kappa shape index (κ1) is 19.1. The molecule has 0 aromatic carbocycles. The number of thiophene rings is 1. The largest absolute Gasteiger partial charge is 0.480 e. The second-order valence-electron chi connectivity index (χ2n) is 6.59. The third kappa shape index (κ3) is 3.06. The summed E-state index contributed by atoms with van der Waals surface area (Å²) in [6.45, 7) is 10.2. The number of hydrogen-bond donors (Lipinski definition) is 1. The molecule has 2 aromatic heterocycles. The zero-order chi connectivity index (χ0) is 19.1. The minimum Gasteiger partial charge on any atom is -0.480 e. The molecule has 0 bridgehead atoms. The Morgan fingerprint density at radius 1 is 1.36 bits per heavy atom. The van der Waals surface area contributed by atoms with E-state index in [4.69, 9.17) is 4.74 Å². The number of rotatable bonds is 5. The molecule has 2 heterocycles. The molecule has 0 radical (unpaired) electrons. The summed E-state index contributed by atoms with van der Waals surface area (Å²) in [6, 6.07) is 0. The Kier molecular flexibility index (Phi) is 5.04. The number of ether oxygens (including phenoxy) is 1. The lowest BCUT2D eigenvalue weighted by Gasteiger charge is -2.26. The Morgan fingerprint density at radius 2 is 1.96 bits per heavy atom. The fourth-order valence-electron chi connectivity index (χ4n) is 2.61. The van der Waals surface area contributed by atoms with Crippen molar-refractivity contribution in [2.75, 3.05) is 6.61 Å². The van der Waals surface area contributed by atoms with Crippen LogP contribution in [0.2, 0.25) is 0 Å². The second kappa shape index (κ2) is 6.59. The topological polar surface area (TPSA) is 98.5 Å². The molecule has 0 saturated heterocycles. The number of aliphatic carboxylic acids is 1. The molecule has 8 heteroatoms. The minimum absolute atomic E-state index is 0.163. The normalized spacial score (nSPS) is 12.0. The highest BCUT2D eigenvalue weighted by molar-refractivity contribution is 7.20. The average Bonchev–Trinajstić information content (AvgIpc) is 2.84. The highest BCUT2D eigenvalue weighted by Crippen LogP contribution is 2.31. The number of fused-ring (bicyclic) bond motifs is 1. The minimum atomic E-state index is -1.46. The number of carboxylic acid groups (broad SMARTS) is 1. The predicted molar refractivity (Wildman–Crippen MR) is 95.6 cm³/mol. The van der Waals surface area contributed by atoms with Gasteiger partial charge in [-0.1, -0.05) is 13.8 Å². The van der Waals surface area contributed by atoms with Crippen LogP contribution in [0.1, 0.15) is 61.6 Å². The molecule has 1 N–H and O–H groups in total. The molecular weight excluding hydrogens is 344 g/mol. The molecule has 2 rings (SSSR count). The lowest BCUT2D eigenvalue weighted by atomic mass is 10.0. The van der Waals surface area contributed by atoms with Crippen LogP contribution in [0.3, 0.4) is 0 Å². The van der Waals surface area contributed by atoms with Gasteiger partial charge in [0.05, 0.1) is 12.0 Å². The van der Waals surface area contributed by atoms with Crippen molar-refractivity contribution in [2.24, 2.45) is 0 Å². The Hall–Kier alpha value is -2.22. The van der Waals surface area contributed by atoms with Gasteiger partial charge in [0, 0.05) is 5.92 Å². The van der Waals surface area contributed by atoms with Crippen LogP contribution >= 0.6 is 11.3 Å². The quantitative estimate of drug-likeness (QED) is 0.817. The van der Waals surface area contributed by atoms with Crippen LogP contribution in [0.15, 0.2) is 4.79 Å². The summed E-state index contributed by atoms with van der Waals surface area (Å²) in [5.74, 6) is -1.42. The SMILES string of the molecule is CCOC(=O)c1sc2nc(C(C)C)n(C(C)(C)C(=O)O)c(=O)c2c1C. The average molecular weight is 366 g/mol. The molecule has 0 atom stereocenters. The summed E-state index contributed by atoms with van der Waals surface area (Å²) in [5.41, 5.74) is -1.44. The maximum atomic E-state index is 13.1. The molecular formula is C17H22N2O5S. The number of esters is 1. The van der Waals surface area contributed by atoms with E-state index in [0.717, 1.165) is 11.3 Å². The van der Waals surface area contributed by atoms with Crippen LogP contribution in [-0.2, 0) is 15.1 Å². The Balaban J connectivity index is 2.91. The van der Waals surface area contributed by atoms with Crippen LogP contribution in [0.5, 0.6) is 0 Å². The number of carbonyl (C=O) groups is 2. The summed E-state index contributed by atoms with van der Waals surface area (Å²) >= 11 is 1.10. The van der Waals surface area contributed by atoms with Gasteiger partial charge in [0.2, 0.25) is 0 Å². The van der Waals surface area contributed by atoms with Gasteiger partial charge in [0.15, 0.2) is 0 Å². The Bertz CT molecular complexity index is 908. The van der Waals surface area contributed by atoms with E-state index < -0.39 is 23.0 Å². The lowest BCUT2D eigenvalue weighted by Crippen LogP contribution is -2.45.